The standard InChI is InChI=1S/C24H30N2O5S/c1-24(2,3)19-8-11-22(30-4)21(17-19)25-23(27)12-7-18-5-9-20(10-6-18)32(28,29)26-13-15-31-16-14-26/h5-12,17H,13-16H2,1-4H3,(H,25,27)/b12-7+. The highest BCUT2D eigenvalue weighted by Crippen LogP contribution is 2.31. The predicted octanol–water partition coefficient (Wildman–Crippen LogP) is 3.67. The van der Waals surface area contributed by atoms with Crippen molar-refractivity contribution in [2.45, 2.75) is 31.1 Å². The van der Waals surface area contributed by atoms with Crippen molar-refractivity contribution >= 4 is 27.7 Å². The number of carbonyl (C=O) groups is 1. The number of rotatable bonds is 6. The molecule has 32 heavy (non-hydrogen) atoms. The molecule has 1 fully saturated rings. The Bertz CT molecular complexity index is 1080. The molecule has 1 aliphatic heterocycles. The molecule has 1 N–H and O–H groups in total. The molecular weight excluding hydrogens is 428 g/mol. The first-order chi connectivity index (χ1) is 15.1. The van der Waals surface area contributed by atoms with E-state index in [9.17, 15) is 13.2 Å². The molecule has 172 valence electrons. The van der Waals surface area contributed by atoms with Gasteiger partial charge in [-0.3, -0.25) is 4.79 Å². The highest BCUT2D eigenvalue weighted by molar-refractivity contribution is 7.89. The Morgan fingerprint density at radius 1 is 1.09 bits per heavy atom. The summed E-state index contributed by atoms with van der Waals surface area (Å²) in [7, 11) is -1.98. The van der Waals surface area contributed by atoms with Crippen molar-refractivity contribution in [2.24, 2.45) is 0 Å². The maximum atomic E-state index is 12.7. The lowest BCUT2D eigenvalue weighted by molar-refractivity contribution is -0.111. The summed E-state index contributed by atoms with van der Waals surface area (Å²) in [4.78, 5) is 12.7. The van der Waals surface area contributed by atoms with Crippen molar-refractivity contribution in [2.75, 3.05) is 38.7 Å². The number of carbonyl (C=O) groups excluding carboxylic acids is 1. The minimum Gasteiger partial charge on any atom is -0.495 e. The number of hydrogen-bond acceptors (Lipinski definition) is 5. The van der Waals surface area contributed by atoms with E-state index in [1.54, 1.807) is 37.5 Å². The maximum Gasteiger partial charge on any atom is 0.248 e. The second-order valence-corrected chi connectivity index (χ2v) is 10.5. The number of anilines is 1. The van der Waals surface area contributed by atoms with E-state index in [4.69, 9.17) is 9.47 Å². The number of methoxy groups -OCH3 is 1. The van der Waals surface area contributed by atoms with Gasteiger partial charge in [-0.15, -0.1) is 0 Å². The van der Waals surface area contributed by atoms with Crippen LogP contribution in [0, 0.1) is 0 Å². The molecule has 0 spiro atoms. The zero-order valence-corrected chi connectivity index (χ0v) is 19.7. The van der Waals surface area contributed by atoms with Crippen molar-refractivity contribution in [1.82, 2.24) is 4.31 Å². The zero-order chi connectivity index (χ0) is 23.4. The summed E-state index contributed by atoms with van der Waals surface area (Å²) >= 11 is 0. The number of nitrogens with one attached hydrogen (secondary N) is 1. The van der Waals surface area contributed by atoms with Gasteiger partial charge >= 0.3 is 0 Å². The van der Waals surface area contributed by atoms with Gasteiger partial charge in [-0.05, 0) is 46.9 Å². The van der Waals surface area contributed by atoms with Crippen molar-refractivity contribution in [3.8, 4) is 5.75 Å². The summed E-state index contributed by atoms with van der Waals surface area (Å²) in [6.07, 6.45) is 3.05. The molecule has 1 saturated heterocycles. The summed E-state index contributed by atoms with van der Waals surface area (Å²) in [5.74, 6) is 0.275. The third-order valence-electron chi connectivity index (χ3n) is 5.24. The van der Waals surface area contributed by atoms with Crippen LogP contribution in [0.15, 0.2) is 53.4 Å². The zero-order valence-electron chi connectivity index (χ0n) is 18.9. The second-order valence-electron chi connectivity index (χ2n) is 8.57. The molecular formula is C24H30N2O5S. The molecule has 0 aromatic heterocycles. The quantitative estimate of drug-likeness (QED) is 0.668. The Balaban J connectivity index is 1.70. The molecule has 2 aromatic rings. The van der Waals surface area contributed by atoms with Gasteiger partial charge in [0, 0.05) is 19.2 Å². The second kappa shape index (κ2) is 9.85. The van der Waals surface area contributed by atoms with Gasteiger partial charge in [0.05, 0.1) is 30.9 Å². The Hall–Kier alpha value is -2.68. The Labute approximate surface area is 190 Å². The first kappa shape index (κ1) is 24.0. The van der Waals surface area contributed by atoms with Gasteiger partial charge in [-0.2, -0.15) is 4.31 Å². The van der Waals surface area contributed by atoms with E-state index in [0.29, 0.717) is 37.7 Å². The van der Waals surface area contributed by atoms with Crippen LogP contribution >= 0.6 is 0 Å². The van der Waals surface area contributed by atoms with Crippen LogP contribution in [0.2, 0.25) is 0 Å². The first-order valence-corrected chi connectivity index (χ1v) is 11.9. The fourth-order valence-electron chi connectivity index (χ4n) is 3.31. The maximum absolute atomic E-state index is 12.7. The van der Waals surface area contributed by atoms with E-state index in [0.717, 1.165) is 11.1 Å². The normalized spacial score (nSPS) is 15.6. The van der Waals surface area contributed by atoms with Gasteiger partial charge in [0.15, 0.2) is 0 Å². The van der Waals surface area contributed by atoms with Gasteiger partial charge < -0.3 is 14.8 Å². The minimum absolute atomic E-state index is 0.0646. The van der Waals surface area contributed by atoms with E-state index >= 15 is 0 Å². The number of morpholine rings is 1. The van der Waals surface area contributed by atoms with Crippen LogP contribution in [0.5, 0.6) is 5.75 Å². The smallest absolute Gasteiger partial charge is 0.248 e. The molecule has 8 heteroatoms. The molecule has 0 unspecified atom stereocenters. The lowest BCUT2D eigenvalue weighted by atomic mass is 9.87. The number of benzene rings is 2. The van der Waals surface area contributed by atoms with Gasteiger partial charge in [0.1, 0.15) is 5.75 Å². The number of sulfonamides is 1. The van der Waals surface area contributed by atoms with Gasteiger partial charge in [-0.25, -0.2) is 8.42 Å². The highest BCUT2D eigenvalue weighted by Gasteiger charge is 2.26. The molecule has 1 amide bonds. The monoisotopic (exact) mass is 458 g/mol. The molecule has 1 heterocycles. The SMILES string of the molecule is COc1ccc(C(C)(C)C)cc1NC(=O)/C=C/c1ccc(S(=O)(=O)N2CCOCC2)cc1. The van der Waals surface area contributed by atoms with Gasteiger partial charge in [-0.1, -0.05) is 39.0 Å². The van der Waals surface area contributed by atoms with E-state index < -0.39 is 10.0 Å². The molecule has 3 rings (SSSR count). The molecule has 2 aromatic carbocycles. The van der Waals surface area contributed by atoms with Crippen LogP contribution in [0.25, 0.3) is 6.08 Å². The largest absolute Gasteiger partial charge is 0.495 e. The van der Waals surface area contributed by atoms with Crippen LogP contribution in [0.4, 0.5) is 5.69 Å². The van der Waals surface area contributed by atoms with Crippen molar-refractivity contribution in [3.63, 3.8) is 0 Å². The van der Waals surface area contributed by atoms with Gasteiger partial charge in [0.25, 0.3) is 0 Å². The van der Waals surface area contributed by atoms with E-state index in [2.05, 4.69) is 26.1 Å². The van der Waals surface area contributed by atoms with Crippen LogP contribution in [-0.2, 0) is 25.0 Å². The lowest BCUT2D eigenvalue weighted by Crippen LogP contribution is -2.40. The predicted molar refractivity (Wildman–Crippen MR) is 125 cm³/mol. The average molecular weight is 459 g/mol. The lowest BCUT2D eigenvalue weighted by Gasteiger charge is -2.26. The minimum atomic E-state index is -3.54. The number of ether oxygens (including phenoxy) is 2. The molecule has 0 atom stereocenters. The van der Waals surface area contributed by atoms with Crippen LogP contribution in [0.3, 0.4) is 0 Å². The molecule has 0 aliphatic carbocycles. The van der Waals surface area contributed by atoms with Crippen LogP contribution < -0.4 is 10.1 Å². The highest BCUT2D eigenvalue weighted by atomic mass is 32.2. The summed E-state index contributed by atoms with van der Waals surface area (Å²) in [5, 5.41) is 2.86. The topological polar surface area (TPSA) is 84.9 Å². The third kappa shape index (κ3) is 5.76. The summed E-state index contributed by atoms with van der Waals surface area (Å²) in [5.41, 5.74) is 2.33. The van der Waals surface area contributed by atoms with E-state index in [1.807, 2.05) is 18.2 Å². The van der Waals surface area contributed by atoms with Gasteiger partial charge in [0.2, 0.25) is 15.9 Å². The van der Waals surface area contributed by atoms with Crippen molar-refractivity contribution in [3.05, 3.63) is 59.7 Å². The average Bonchev–Trinajstić information content (AvgIpc) is 2.78. The number of nitrogens with zero attached hydrogens (tertiary/aromatic N) is 1. The van der Waals surface area contributed by atoms with Crippen molar-refractivity contribution in [1.29, 1.82) is 0 Å². The third-order valence-corrected chi connectivity index (χ3v) is 7.15. The number of hydrogen-bond donors (Lipinski definition) is 1. The van der Waals surface area contributed by atoms with E-state index in [1.165, 1.54) is 10.4 Å². The molecule has 0 bridgehead atoms. The van der Waals surface area contributed by atoms with Crippen LogP contribution in [0.1, 0.15) is 31.9 Å². The molecule has 7 nitrogen and oxygen atoms in total. The summed E-state index contributed by atoms with van der Waals surface area (Å²) < 4.78 is 37.4. The van der Waals surface area contributed by atoms with Crippen LogP contribution in [-0.4, -0.2) is 52.0 Å². The summed E-state index contributed by atoms with van der Waals surface area (Å²) in [6, 6.07) is 12.2. The molecule has 0 radical (unpaired) electrons. The van der Waals surface area contributed by atoms with Crippen molar-refractivity contribution < 1.29 is 22.7 Å². The molecule has 0 saturated carbocycles. The number of amides is 1. The Morgan fingerprint density at radius 2 is 1.75 bits per heavy atom. The fraction of sp³-hybridized carbons (Fsp3) is 0.375. The Kier molecular flexibility index (Phi) is 7.38. The van der Waals surface area contributed by atoms with E-state index in [-0.39, 0.29) is 16.2 Å². The first-order valence-electron chi connectivity index (χ1n) is 10.5. The Morgan fingerprint density at radius 3 is 2.34 bits per heavy atom. The fourth-order valence-corrected chi connectivity index (χ4v) is 4.71. The summed E-state index contributed by atoms with van der Waals surface area (Å²) in [6.45, 7) is 7.81. The molecule has 1 aliphatic rings.